The molecule has 1 saturated carbocycles. The van der Waals surface area contributed by atoms with Crippen molar-refractivity contribution in [3.63, 3.8) is 0 Å². The number of hydrogen-bond donors (Lipinski definition) is 2. The Morgan fingerprint density at radius 3 is 2.62 bits per heavy atom. The maximum absolute atomic E-state index is 12.3. The van der Waals surface area contributed by atoms with Gasteiger partial charge in [0.25, 0.3) is 11.5 Å². The van der Waals surface area contributed by atoms with Crippen molar-refractivity contribution in [2.45, 2.75) is 31.8 Å². The number of nitrogens with zero attached hydrogens (tertiary/aromatic N) is 3. The molecule has 29 heavy (non-hydrogen) atoms. The Morgan fingerprint density at radius 1 is 1.14 bits per heavy atom. The van der Waals surface area contributed by atoms with Crippen molar-refractivity contribution in [1.29, 1.82) is 0 Å². The summed E-state index contributed by atoms with van der Waals surface area (Å²) in [6, 6.07) is 0. The summed E-state index contributed by atoms with van der Waals surface area (Å²) in [4.78, 5) is 46.3. The second kappa shape index (κ2) is 9.04. The van der Waals surface area contributed by atoms with Crippen molar-refractivity contribution >= 4 is 11.8 Å². The van der Waals surface area contributed by atoms with Gasteiger partial charge < -0.3 is 24.8 Å². The zero-order valence-electron chi connectivity index (χ0n) is 16.6. The molecule has 0 spiro atoms. The van der Waals surface area contributed by atoms with E-state index in [0.717, 1.165) is 44.6 Å². The fourth-order valence-corrected chi connectivity index (χ4v) is 4.10. The number of morpholine rings is 1. The largest absolute Gasteiger partial charge is 0.365 e. The molecule has 0 aromatic carbocycles. The molecule has 158 valence electrons. The Kier molecular flexibility index (Phi) is 6.25. The molecule has 3 fully saturated rings. The molecule has 1 aliphatic carbocycles. The van der Waals surface area contributed by atoms with Crippen LogP contribution in [0.3, 0.4) is 0 Å². The van der Waals surface area contributed by atoms with E-state index in [9.17, 15) is 14.4 Å². The van der Waals surface area contributed by atoms with Crippen LogP contribution in [0.15, 0.2) is 17.2 Å². The molecule has 1 aromatic rings. The van der Waals surface area contributed by atoms with Gasteiger partial charge in [0.2, 0.25) is 5.91 Å². The summed E-state index contributed by atoms with van der Waals surface area (Å²) < 4.78 is 5.59. The van der Waals surface area contributed by atoms with Gasteiger partial charge in [-0.15, -0.1) is 0 Å². The first-order valence-electron chi connectivity index (χ1n) is 10.5. The lowest BCUT2D eigenvalue weighted by Crippen LogP contribution is -2.52. The molecule has 2 amide bonds. The summed E-state index contributed by atoms with van der Waals surface area (Å²) >= 11 is 0. The number of likely N-dealkylation sites (tertiary alicyclic amines) is 1. The number of piperidine rings is 1. The number of aromatic nitrogens is 2. The van der Waals surface area contributed by atoms with Crippen LogP contribution in [0, 0.1) is 11.8 Å². The van der Waals surface area contributed by atoms with Gasteiger partial charge in [-0.2, -0.15) is 0 Å². The number of amides is 2. The number of rotatable bonds is 7. The van der Waals surface area contributed by atoms with E-state index in [1.54, 1.807) is 0 Å². The Balaban J connectivity index is 1.22. The van der Waals surface area contributed by atoms with E-state index in [1.165, 1.54) is 25.6 Å². The van der Waals surface area contributed by atoms with Crippen molar-refractivity contribution in [2.24, 2.45) is 11.8 Å². The zero-order chi connectivity index (χ0) is 20.2. The van der Waals surface area contributed by atoms with Gasteiger partial charge in [-0.05, 0) is 50.6 Å². The van der Waals surface area contributed by atoms with Crippen molar-refractivity contribution in [3.8, 4) is 0 Å². The molecule has 1 aromatic heterocycles. The molecule has 0 radical (unpaired) electrons. The third kappa shape index (κ3) is 5.63. The predicted octanol–water partition coefficient (Wildman–Crippen LogP) is -0.151. The molecule has 2 aliphatic heterocycles. The number of carbonyl (C=O) groups excluding carboxylic acids is 2. The summed E-state index contributed by atoms with van der Waals surface area (Å²) in [5.74, 6) is 1.06. The topological polar surface area (TPSA) is 108 Å². The van der Waals surface area contributed by atoms with E-state index in [2.05, 4.69) is 20.2 Å². The van der Waals surface area contributed by atoms with E-state index in [0.29, 0.717) is 12.5 Å². The van der Waals surface area contributed by atoms with Gasteiger partial charge in [0.15, 0.2) is 0 Å². The van der Waals surface area contributed by atoms with Crippen LogP contribution in [0.25, 0.3) is 0 Å². The van der Waals surface area contributed by atoms with Gasteiger partial charge >= 0.3 is 0 Å². The molecule has 0 bridgehead atoms. The first kappa shape index (κ1) is 20.0. The summed E-state index contributed by atoms with van der Waals surface area (Å²) in [5, 5.41) is 2.75. The maximum atomic E-state index is 12.3. The molecule has 0 unspecified atom stereocenters. The monoisotopic (exact) mass is 403 g/mol. The van der Waals surface area contributed by atoms with Gasteiger partial charge in [0, 0.05) is 26.2 Å². The van der Waals surface area contributed by atoms with Crippen LogP contribution in [-0.4, -0.2) is 83.6 Å². The van der Waals surface area contributed by atoms with E-state index < -0.39 is 11.5 Å². The van der Waals surface area contributed by atoms with Crippen LogP contribution in [0.4, 0.5) is 0 Å². The van der Waals surface area contributed by atoms with Crippen molar-refractivity contribution in [1.82, 2.24) is 25.1 Å². The number of hydrogen-bond acceptors (Lipinski definition) is 6. The number of aromatic amines is 1. The van der Waals surface area contributed by atoms with Crippen molar-refractivity contribution in [3.05, 3.63) is 28.4 Å². The first-order chi connectivity index (χ1) is 14.1. The number of carbonyl (C=O) groups is 2. The minimum atomic E-state index is -0.425. The smallest absolute Gasteiger partial charge is 0.269 e. The van der Waals surface area contributed by atoms with E-state index in [4.69, 9.17) is 4.74 Å². The van der Waals surface area contributed by atoms with Crippen LogP contribution < -0.4 is 10.9 Å². The highest BCUT2D eigenvalue weighted by atomic mass is 16.5. The average molecular weight is 403 g/mol. The molecule has 3 aliphatic rings. The lowest BCUT2D eigenvalue weighted by molar-refractivity contribution is -0.149. The van der Waals surface area contributed by atoms with E-state index in [-0.39, 0.29) is 30.9 Å². The van der Waals surface area contributed by atoms with Crippen molar-refractivity contribution in [2.75, 3.05) is 45.9 Å². The maximum Gasteiger partial charge on any atom is 0.269 e. The SMILES string of the molecule is O=C(NC[C@@H]1CN(CC2CCN(CC3CC3)CC2)C(=O)CO1)c1cncc(=O)[nH]1. The van der Waals surface area contributed by atoms with Gasteiger partial charge in [0.05, 0.1) is 18.5 Å². The summed E-state index contributed by atoms with van der Waals surface area (Å²) in [5.41, 5.74) is -0.314. The second-order valence-corrected chi connectivity index (χ2v) is 8.44. The molecule has 4 rings (SSSR count). The normalized spacial score (nSPS) is 23.9. The molecule has 9 nitrogen and oxygen atoms in total. The minimum absolute atomic E-state index is 0.0181. The van der Waals surface area contributed by atoms with E-state index >= 15 is 0 Å². The summed E-state index contributed by atoms with van der Waals surface area (Å²) in [7, 11) is 0. The quantitative estimate of drug-likeness (QED) is 0.656. The lowest BCUT2D eigenvalue weighted by Gasteiger charge is -2.38. The Hall–Kier alpha value is -2.26. The molecule has 9 heteroatoms. The highest BCUT2D eigenvalue weighted by Crippen LogP contribution is 2.31. The Labute approximate surface area is 169 Å². The molecular weight excluding hydrogens is 374 g/mol. The fourth-order valence-electron chi connectivity index (χ4n) is 4.10. The minimum Gasteiger partial charge on any atom is -0.365 e. The second-order valence-electron chi connectivity index (χ2n) is 8.44. The first-order valence-corrected chi connectivity index (χ1v) is 10.5. The lowest BCUT2D eigenvalue weighted by atomic mass is 9.95. The van der Waals surface area contributed by atoms with Crippen LogP contribution in [-0.2, 0) is 9.53 Å². The van der Waals surface area contributed by atoms with Crippen LogP contribution in [0.2, 0.25) is 0 Å². The highest BCUT2D eigenvalue weighted by molar-refractivity contribution is 5.91. The summed E-state index contributed by atoms with van der Waals surface area (Å²) in [6.07, 6.45) is 7.20. The Morgan fingerprint density at radius 2 is 1.90 bits per heavy atom. The molecule has 3 heterocycles. The van der Waals surface area contributed by atoms with E-state index in [1.807, 2.05) is 4.90 Å². The third-order valence-electron chi connectivity index (χ3n) is 6.01. The molecule has 1 atom stereocenters. The third-order valence-corrected chi connectivity index (χ3v) is 6.01. The zero-order valence-corrected chi connectivity index (χ0v) is 16.6. The predicted molar refractivity (Wildman–Crippen MR) is 105 cm³/mol. The fraction of sp³-hybridized carbons (Fsp3) is 0.700. The van der Waals surface area contributed by atoms with Gasteiger partial charge in [-0.3, -0.25) is 19.4 Å². The highest BCUT2D eigenvalue weighted by Gasteiger charge is 2.31. The van der Waals surface area contributed by atoms with Gasteiger partial charge in [-0.1, -0.05) is 0 Å². The standard InChI is InChI=1S/C20H29N5O4/c26-18-9-21-8-17(23-18)20(28)22-7-16-12-25(19(27)13-29-16)11-15-3-5-24(6-4-15)10-14-1-2-14/h8-9,14-16H,1-7,10-13H2,(H,22,28)(H,23,26)/t16-/m1/s1. The average Bonchev–Trinajstić information content (AvgIpc) is 3.54. The number of nitrogens with one attached hydrogen (secondary N) is 2. The van der Waals surface area contributed by atoms with Crippen LogP contribution in [0.1, 0.15) is 36.2 Å². The Bertz CT molecular complexity index is 785. The van der Waals surface area contributed by atoms with Gasteiger partial charge in [0.1, 0.15) is 12.3 Å². The number of H-pyrrole nitrogens is 1. The molecular formula is C20H29N5O4. The van der Waals surface area contributed by atoms with Crippen LogP contribution >= 0.6 is 0 Å². The summed E-state index contributed by atoms with van der Waals surface area (Å²) in [6.45, 7) is 5.06. The molecule has 2 saturated heterocycles. The van der Waals surface area contributed by atoms with Crippen molar-refractivity contribution < 1.29 is 14.3 Å². The van der Waals surface area contributed by atoms with Crippen LogP contribution in [0.5, 0.6) is 0 Å². The molecule has 2 N–H and O–H groups in total. The number of ether oxygens (including phenoxy) is 1. The van der Waals surface area contributed by atoms with Gasteiger partial charge in [-0.25, -0.2) is 0 Å².